The molecular formula is C20H21N5O. The van der Waals surface area contributed by atoms with E-state index in [-0.39, 0.29) is 5.91 Å². The van der Waals surface area contributed by atoms with Gasteiger partial charge < -0.3 is 10.2 Å². The molecule has 0 radical (unpaired) electrons. The number of carbonyl (C=O) groups is 1. The predicted molar refractivity (Wildman–Crippen MR) is 101 cm³/mol. The normalized spacial score (nSPS) is 10.3. The lowest BCUT2D eigenvalue weighted by molar-refractivity contribution is 0.0951. The summed E-state index contributed by atoms with van der Waals surface area (Å²) in [6.45, 7) is 1.27. The van der Waals surface area contributed by atoms with Crippen molar-refractivity contribution in [1.29, 1.82) is 0 Å². The Morgan fingerprint density at radius 3 is 2.31 bits per heavy atom. The number of amides is 1. The zero-order valence-electron chi connectivity index (χ0n) is 14.7. The molecule has 6 nitrogen and oxygen atoms in total. The van der Waals surface area contributed by atoms with E-state index in [1.54, 1.807) is 37.1 Å². The molecule has 0 atom stereocenters. The van der Waals surface area contributed by atoms with E-state index in [2.05, 4.69) is 20.3 Å². The molecule has 3 rings (SSSR count). The van der Waals surface area contributed by atoms with E-state index in [0.717, 1.165) is 24.3 Å². The second-order valence-corrected chi connectivity index (χ2v) is 5.97. The molecule has 0 spiro atoms. The van der Waals surface area contributed by atoms with E-state index in [9.17, 15) is 4.79 Å². The van der Waals surface area contributed by atoms with Gasteiger partial charge in [0.05, 0.1) is 0 Å². The highest BCUT2D eigenvalue weighted by Gasteiger charge is 2.09. The quantitative estimate of drug-likeness (QED) is 0.711. The maximum atomic E-state index is 12.4. The van der Waals surface area contributed by atoms with Crippen LogP contribution in [0.15, 0.2) is 67.4 Å². The predicted octanol–water partition coefficient (Wildman–Crippen LogP) is 2.48. The van der Waals surface area contributed by atoms with Crippen LogP contribution in [0.4, 0.5) is 5.82 Å². The molecule has 1 amide bonds. The highest BCUT2D eigenvalue weighted by molar-refractivity contribution is 5.94. The fourth-order valence-electron chi connectivity index (χ4n) is 2.51. The molecule has 3 aromatic heterocycles. The Hall–Kier alpha value is -3.28. The smallest absolute Gasteiger partial charge is 0.251 e. The van der Waals surface area contributed by atoms with Crippen molar-refractivity contribution in [3.05, 3.63) is 84.1 Å². The zero-order valence-corrected chi connectivity index (χ0v) is 14.7. The summed E-state index contributed by atoms with van der Waals surface area (Å²) in [5.41, 5.74) is 2.83. The average molecular weight is 347 g/mol. The van der Waals surface area contributed by atoms with E-state index in [1.165, 1.54) is 5.56 Å². The number of likely N-dealkylation sites (N-methyl/N-ethyl adjacent to an activating group) is 1. The van der Waals surface area contributed by atoms with Crippen molar-refractivity contribution >= 4 is 11.7 Å². The van der Waals surface area contributed by atoms with Gasteiger partial charge in [-0.2, -0.15) is 0 Å². The van der Waals surface area contributed by atoms with Gasteiger partial charge in [-0.1, -0.05) is 0 Å². The van der Waals surface area contributed by atoms with Gasteiger partial charge in [0.2, 0.25) is 0 Å². The average Bonchev–Trinajstić information content (AvgIpc) is 2.72. The highest BCUT2D eigenvalue weighted by Crippen LogP contribution is 2.12. The molecule has 0 unspecified atom stereocenters. The molecule has 0 aromatic carbocycles. The van der Waals surface area contributed by atoms with E-state index < -0.39 is 0 Å². The summed E-state index contributed by atoms with van der Waals surface area (Å²) in [6, 6.07) is 11.3. The van der Waals surface area contributed by atoms with Crippen LogP contribution < -0.4 is 10.2 Å². The van der Waals surface area contributed by atoms with Crippen molar-refractivity contribution < 1.29 is 4.79 Å². The first-order chi connectivity index (χ1) is 12.7. The van der Waals surface area contributed by atoms with Gasteiger partial charge in [0.15, 0.2) is 0 Å². The first kappa shape index (κ1) is 17.5. The van der Waals surface area contributed by atoms with Gasteiger partial charge in [-0.05, 0) is 53.9 Å². The summed E-state index contributed by atoms with van der Waals surface area (Å²) in [7, 11) is 1.97. The standard InChI is InChI=1S/C20H21N5O/c1-25(13-7-16-2-8-21-9-3-16)19-14-18(6-12-23-19)20(26)24-15-17-4-10-22-11-5-17/h2-6,8-12,14H,7,13,15H2,1H3,(H,24,26). The Balaban J connectivity index is 1.59. The van der Waals surface area contributed by atoms with Gasteiger partial charge >= 0.3 is 0 Å². The van der Waals surface area contributed by atoms with E-state index in [1.807, 2.05) is 42.3 Å². The van der Waals surface area contributed by atoms with Crippen molar-refractivity contribution in [2.45, 2.75) is 13.0 Å². The van der Waals surface area contributed by atoms with Crippen molar-refractivity contribution in [2.24, 2.45) is 0 Å². The summed E-state index contributed by atoms with van der Waals surface area (Å²) < 4.78 is 0. The van der Waals surface area contributed by atoms with Crippen molar-refractivity contribution in [1.82, 2.24) is 20.3 Å². The maximum Gasteiger partial charge on any atom is 0.251 e. The van der Waals surface area contributed by atoms with E-state index in [0.29, 0.717) is 12.1 Å². The molecule has 3 heterocycles. The molecule has 0 aliphatic carbocycles. The maximum absolute atomic E-state index is 12.4. The van der Waals surface area contributed by atoms with Gasteiger partial charge in [0.25, 0.3) is 5.91 Å². The topological polar surface area (TPSA) is 71.0 Å². The van der Waals surface area contributed by atoms with Crippen LogP contribution in [0.2, 0.25) is 0 Å². The van der Waals surface area contributed by atoms with Crippen molar-refractivity contribution in [2.75, 3.05) is 18.5 Å². The summed E-state index contributed by atoms with van der Waals surface area (Å²) in [5.74, 6) is 0.656. The van der Waals surface area contributed by atoms with Crippen LogP contribution in [0.5, 0.6) is 0 Å². The number of nitrogens with one attached hydrogen (secondary N) is 1. The van der Waals surface area contributed by atoms with Crippen LogP contribution in [0.25, 0.3) is 0 Å². The molecule has 0 aliphatic heterocycles. The molecule has 132 valence electrons. The van der Waals surface area contributed by atoms with Gasteiger partial charge in [-0.15, -0.1) is 0 Å². The second-order valence-electron chi connectivity index (χ2n) is 5.97. The molecule has 26 heavy (non-hydrogen) atoms. The zero-order chi connectivity index (χ0) is 18.2. The van der Waals surface area contributed by atoms with Crippen LogP contribution >= 0.6 is 0 Å². The minimum atomic E-state index is -0.118. The SMILES string of the molecule is CN(CCc1ccncc1)c1cc(C(=O)NCc2ccncc2)ccn1. The van der Waals surface area contributed by atoms with Crippen LogP contribution in [0.1, 0.15) is 21.5 Å². The van der Waals surface area contributed by atoms with Gasteiger partial charge in [-0.3, -0.25) is 14.8 Å². The number of anilines is 1. The minimum Gasteiger partial charge on any atom is -0.359 e. The summed E-state index contributed by atoms with van der Waals surface area (Å²) >= 11 is 0. The van der Waals surface area contributed by atoms with Crippen LogP contribution in [0.3, 0.4) is 0 Å². The number of nitrogens with zero attached hydrogens (tertiary/aromatic N) is 4. The lowest BCUT2D eigenvalue weighted by atomic mass is 10.2. The van der Waals surface area contributed by atoms with Crippen molar-refractivity contribution in [3.8, 4) is 0 Å². The fraction of sp³-hybridized carbons (Fsp3) is 0.200. The summed E-state index contributed by atoms with van der Waals surface area (Å²) in [5, 5.41) is 2.92. The third-order valence-electron chi connectivity index (χ3n) is 4.09. The van der Waals surface area contributed by atoms with Crippen LogP contribution in [0, 0.1) is 0 Å². The lowest BCUT2D eigenvalue weighted by Gasteiger charge is -2.18. The van der Waals surface area contributed by atoms with E-state index in [4.69, 9.17) is 0 Å². The molecule has 0 fully saturated rings. The van der Waals surface area contributed by atoms with Crippen LogP contribution in [-0.2, 0) is 13.0 Å². The van der Waals surface area contributed by atoms with Gasteiger partial charge in [0, 0.05) is 56.7 Å². The lowest BCUT2D eigenvalue weighted by Crippen LogP contribution is -2.25. The number of hydrogen-bond donors (Lipinski definition) is 1. The highest BCUT2D eigenvalue weighted by atomic mass is 16.1. The Labute approximate surface area is 153 Å². The Morgan fingerprint density at radius 2 is 1.62 bits per heavy atom. The second kappa shape index (κ2) is 8.71. The molecular weight excluding hydrogens is 326 g/mol. The molecule has 3 aromatic rings. The van der Waals surface area contributed by atoms with Crippen LogP contribution in [-0.4, -0.2) is 34.5 Å². The van der Waals surface area contributed by atoms with Crippen molar-refractivity contribution in [3.63, 3.8) is 0 Å². The Kier molecular flexibility index (Phi) is 5.88. The first-order valence-electron chi connectivity index (χ1n) is 8.45. The van der Waals surface area contributed by atoms with E-state index >= 15 is 0 Å². The molecule has 1 N–H and O–H groups in total. The number of rotatable bonds is 7. The Morgan fingerprint density at radius 1 is 0.962 bits per heavy atom. The molecule has 0 bridgehead atoms. The minimum absolute atomic E-state index is 0.118. The molecule has 0 aliphatic rings. The number of aromatic nitrogens is 3. The molecule has 6 heteroatoms. The molecule has 0 saturated carbocycles. The van der Waals surface area contributed by atoms with Gasteiger partial charge in [-0.25, -0.2) is 4.98 Å². The molecule has 0 saturated heterocycles. The number of hydrogen-bond acceptors (Lipinski definition) is 5. The monoisotopic (exact) mass is 347 g/mol. The Bertz CT molecular complexity index is 839. The number of carbonyl (C=O) groups excluding carboxylic acids is 1. The fourth-order valence-corrected chi connectivity index (χ4v) is 2.51. The third kappa shape index (κ3) is 4.86. The number of pyridine rings is 3. The summed E-state index contributed by atoms with van der Waals surface area (Å²) in [6.07, 6.45) is 9.56. The third-order valence-corrected chi connectivity index (χ3v) is 4.09. The van der Waals surface area contributed by atoms with Gasteiger partial charge in [0.1, 0.15) is 5.82 Å². The largest absolute Gasteiger partial charge is 0.359 e. The first-order valence-corrected chi connectivity index (χ1v) is 8.45. The summed E-state index contributed by atoms with van der Waals surface area (Å²) in [4.78, 5) is 26.8.